The molecule has 0 saturated carbocycles. The van der Waals surface area contributed by atoms with Crippen LogP contribution in [0, 0.1) is 0 Å². The van der Waals surface area contributed by atoms with E-state index in [1.54, 1.807) is 43.4 Å². The van der Waals surface area contributed by atoms with Crippen molar-refractivity contribution in [2.24, 2.45) is 0 Å². The lowest BCUT2D eigenvalue weighted by atomic mass is 10.2. The SMILES string of the molecule is CN(Cc1cccc(N)c1)S(=O)(=O)c1cccc(Br)c1. The van der Waals surface area contributed by atoms with Crippen molar-refractivity contribution in [1.29, 1.82) is 0 Å². The maximum atomic E-state index is 12.4. The summed E-state index contributed by atoms with van der Waals surface area (Å²) in [5, 5.41) is 0. The lowest BCUT2D eigenvalue weighted by Crippen LogP contribution is -2.26. The highest BCUT2D eigenvalue weighted by molar-refractivity contribution is 9.10. The van der Waals surface area contributed by atoms with E-state index in [2.05, 4.69) is 15.9 Å². The number of nitrogens with zero attached hydrogens (tertiary/aromatic N) is 1. The molecule has 20 heavy (non-hydrogen) atoms. The van der Waals surface area contributed by atoms with Gasteiger partial charge in [0.25, 0.3) is 0 Å². The minimum absolute atomic E-state index is 0.262. The van der Waals surface area contributed by atoms with Crippen LogP contribution >= 0.6 is 15.9 Å². The van der Waals surface area contributed by atoms with Crippen LogP contribution in [0.25, 0.3) is 0 Å². The van der Waals surface area contributed by atoms with E-state index in [0.717, 1.165) is 10.0 Å². The molecule has 0 aliphatic rings. The van der Waals surface area contributed by atoms with E-state index >= 15 is 0 Å². The monoisotopic (exact) mass is 354 g/mol. The van der Waals surface area contributed by atoms with Crippen molar-refractivity contribution in [2.75, 3.05) is 12.8 Å². The first-order valence-corrected chi connectivity index (χ1v) is 8.19. The molecule has 6 heteroatoms. The van der Waals surface area contributed by atoms with E-state index in [1.807, 2.05) is 12.1 Å². The topological polar surface area (TPSA) is 63.4 Å². The van der Waals surface area contributed by atoms with Gasteiger partial charge in [-0.3, -0.25) is 0 Å². The largest absolute Gasteiger partial charge is 0.399 e. The van der Waals surface area contributed by atoms with Crippen LogP contribution in [0.1, 0.15) is 5.56 Å². The summed E-state index contributed by atoms with van der Waals surface area (Å²) >= 11 is 3.28. The second kappa shape index (κ2) is 5.95. The molecule has 0 unspecified atom stereocenters. The highest BCUT2D eigenvalue weighted by atomic mass is 79.9. The van der Waals surface area contributed by atoms with Crippen molar-refractivity contribution < 1.29 is 8.42 Å². The third-order valence-electron chi connectivity index (χ3n) is 2.86. The van der Waals surface area contributed by atoms with E-state index in [4.69, 9.17) is 5.73 Å². The highest BCUT2D eigenvalue weighted by Crippen LogP contribution is 2.20. The van der Waals surface area contributed by atoms with E-state index in [9.17, 15) is 8.42 Å². The first-order chi connectivity index (χ1) is 9.39. The van der Waals surface area contributed by atoms with Gasteiger partial charge in [-0.1, -0.05) is 34.1 Å². The summed E-state index contributed by atoms with van der Waals surface area (Å²) < 4.78 is 26.9. The molecule has 0 aromatic heterocycles. The Hall–Kier alpha value is -1.37. The first-order valence-electron chi connectivity index (χ1n) is 5.96. The molecule has 106 valence electrons. The predicted octanol–water partition coefficient (Wildman–Crippen LogP) is 2.85. The number of hydrogen-bond acceptors (Lipinski definition) is 3. The number of hydrogen-bond donors (Lipinski definition) is 1. The van der Waals surface area contributed by atoms with Gasteiger partial charge in [-0.05, 0) is 35.9 Å². The van der Waals surface area contributed by atoms with Gasteiger partial charge in [-0.25, -0.2) is 8.42 Å². The Kier molecular flexibility index (Phi) is 4.47. The van der Waals surface area contributed by atoms with Crippen molar-refractivity contribution in [3.8, 4) is 0 Å². The van der Waals surface area contributed by atoms with E-state index in [-0.39, 0.29) is 11.4 Å². The van der Waals surface area contributed by atoms with Crippen LogP contribution in [-0.4, -0.2) is 19.8 Å². The number of sulfonamides is 1. The zero-order valence-electron chi connectivity index (χ0n) is 11.0. The molecule has 0 heterocycles. The number of nitrogens with two attached hydrogens (primary N) is 1. The molecular formula is C14H15BrN2O2S. The van der Waals surface area contributed by atoms with Crippen LogP contribution < -0.4 is 5.73 Å². The number of anilines is 1. The number of nitrogen functional groups attached to an aromatic ring is 1. The molecule has 2 aromatic rings. The van der Waals surface area contributed by atoms with Crippen LogP contribution in [0.3, 0.4) is 0 Å². The standard InChI is InChI=1S/C14H15BrN2O2S/c1-17(10-11-4-2-6-13(16)8-11)20(18,19)14-7-3-5-12(15)9-14/h2-9H,10,16H2,1H3. The van der Waals surface area contributed by atoms with Crippen molar-refractivity contribution >= 4 is 31.6 Å². The molecule has 2 rings (SSSR count). The lowest BCUT2D eigenvalue weighted by Gasteiger charge is -2.17. The molecule has 0 saturated heterocycles. The van der Waals surface area contributed by atoms with E-state index < -0.39 is 10.0 Å². The van der Waals surface area contributed by atoms with Crippen LogP contribution in [0.15, 0.2) is 57.9 Å². The zero-order valence-corrected chi connectivity index (χ0v) is 13.4. The lowest BCUT2D eigenvalue weighted by molar-refractivity contribution is 0.467. The fourth-order valence-corrected chi connectivity index (χ4v) is 3.60. The molecular weight excluding hydrogens is 340 g/mol. The minimum atomic E-state index is -3.51. The zero-order chi connectivity index (χ0) is 14.8. The molecule has 0 radical (unpaired) electrons. The second-order valence-electron chi connectivity index (χ2n) is 4.46. The maximum absolute atomic E-state index is 12.4. The molecule has 0 fully saturated rings. The third-order valence-corrected chi connectivity index (χ3v) is 5.15. The van der Waals surface area contributed by atoms with Gasteiger partial charge in [0.2, 0.25) is 10.0 Å². The van der Waals surface area contributed by atoms with Gasteiger partial charge in [0.15, 0.2) is 0 Å². The van der Waals surface area contributed by atoms with Crippen molar-refractivity contribution in [3.05, 3.63) is 58.6 Å². The summed E-state index contributed by atoms with van der Waals surface area (Å²) in [6, 6.07) is 13.9. The average molecular weight is 355 g/mol. The van der Waals surface area contributed by atoms with E-state index in [0.29, 0.717) is 5.69 Å². The Balaban J connectivity index is 2.26. The van der Waals surface area contributed by atoms with Gasteiger partial charge < -0.3 is 5.73 Å². The van der Waals surface area contributed by atoms with Gasteiger partial charge in [0.1, 0.15) is 0 Å². The summed E-state index contributed by atoms with van der Waals surface area (Å²) in [4.78, 5) is 0.262. The molecule has 0 amide bonds. The van der Waals surface area contributed by atoms with Gasteiger partial charge in [0.05, 0.1) is 4.90 Å². The molecule has 2 aromatic carbocycles. The van der Waals surface area contributed by atoms with E-state index in [1.165, 1.54) is 4.31 Å². The molecule has 4 nitrogen and oxygen atoms in total. The molecule has 0 aliphatic carbocycles. The summed E-state index contributed by atoms with van der Waals surface area (Å²) in [5.41, 5.74) is 7.17. The van der Waals surface area contributed by atoms with Crippen molar-refractivity contribution in [2.45, 2.75) is 11.4 Å². The summed E-state index contributed by atoms with van der Waals surface area (Å²) in [6.07, 6.45) is 0. The average Bonchev–Trinajstić information content (AvgIpc) is 2.38. The summed E-state index contributed by atoms with van der Waals surface area (Å²) in [7, 11) is -1.96. The van der Waals surface area contributed by atoms with Gasteiger partial charge in [-0.15, -0.1) is 0 Å². The molecule has 0 bridgehead atoms. The molecule has 0 aliphatic heterocycles. The van der Waals surface area contributed by atoms with Crippen LogP contribution in [-0.2, 0) is 16.6 Å². The Morgan fingerprint density at radius 2 is 1.85 bits per heavy atom. The fraction of sp³-hybridized carbons (Fsp3) is 0.143. The highest BCUT2D eigenvalue weighted by Gasteiger charge is 2.20. The summed E-state index contributed by atoms with van der Waals surface area (Å²) in [6.45, 7) is 0.278. The Morgan fingerprint density at radius 1 is 1.15 bits per heavy atom. The normalized spacial score (nSPS) is 11.8. The van der Waals surface area contributed by atoms with Gasteiger partial charge in [-0.2, -0.15) is 4.31 Å². The first kappa shape index (κ1) is 15.0. The second-order valence-corrected chi connectivity index (χ2v) is 7.42. The predicted molar refractivity (Wildman–Crippen MR) is 83.6 cm³/mol. The molecule has 0 spiro atoms. The van der Waals surface area contributed by atoms with Gasteiger partial charge in [0, 0.05) is 23.8 Å². The quantitative estimate of drug-likeness (QED) is 0.858. The smallest absolute Gasteiger partial charge is 0.243 e. The van der Waals surface area contributed by atoms with Crippen LogP contribution in [0.5, 0.6) is 0 Å². The summed E-state index contributed by atoms with van der Waals surface area (Å²) in [5.74, 6) is 0. The Bertz CT molecular complexity index is 717. The van der Waals surface area contributed by atoms with Crippen LogP contribution in [0.2, 0.25) is 0 Å². The number of benzene rings is 2. The maximum Gasteiger partial charge on any atom is 0.243 e. The van der Waals surface area contributed by atoms with Gasteiger partial charge >= 0.3 is 0 Å². The molecule has 2 N–H and O–H groups in total. The van der Waals surface area contributed by atoms with Crippen molar-refractivity contribution in [3.63, 3.8) is 0 Å². The fourth-order valence-electron chi connectivity index (χ4n) is 1.84. The number of halogens is 1. The van der Waals surface area contributed by atoms with Crippen LogP contribution in [0.4, 0.5) is 5.69 Å². The minimum Gasteiger partial charge on any atom is -0.399 e. The Morgan fingerprint density at radius 3 is 2.50 bits per heavy atom. The number of rotatable bonds is 4. The Labute approximate surface area is 127 Å². The third kappa shape index (κ3) is 3.39. The van der Waals surface area contributed by atoms with Crippen molar-refractivity contribution in [1.82, 2.24) is 4.31 Å². The molecule has 0 atom stereocenters.